The Kier molecular flexibility index (Phi) is 4.15. The van der Waals surface area contributed by atoms with Gasteiger partial charge in [0.25, 0.3) is 0 Å². The van der Waals surface area contributed by atoms with Crippen LogP contribution in [0.25, 0.3) is 11.1 Å². The number of nitrogens with zero attached hydrogens (tertiary/aromatic N) is 1. The Morgan fingerprint density at radius 3 is 2.45 bits per heavy atom. The van der Waals surface area contributed by atoms with E-state index in [1.165, 1.54) is 16.8 Å². The maximum Gasteiger partial charge on any atom is 0.238 e. The molecule has 104 valence electrons. The molecule has 1 aromatic carbocycles. The van der Waals surface area contributed by atoms with E-state index in [1.807, 2.05) is 31.3 Å². The average molecular weight is 270 g/mol. The highest BCUT2D eigenvalue weighted by molar-refractivity contribution is 5.92. The number of rotatable bonds is 3. The quantitative estimate of drug-likeness (QED) is 0.834. The summed E-state index contributed by atoms with van der Waals surface area (Å²) in [4.78, 5) is 11.2. The van der Waals surface area contributed by atoms with Gasteiger partial charge in [-0.05, 0) is 30.2 Å². The van der Waals surface area contributed by atoms with Crippen molar-refractivity contribution in [2.45, 2.75) is 13.8 Å². The third kappa shape index (κ3) is 2.86. The molecule has 0 aliphatic heterocycles. The summed E-state index contributed by atoms with van der Waals surface area (Å²) >= 11 is 0. The zero-order valence-corrected chi connectivity index (χ0v) is 12.1. The molecule has 2 aromatic rings. The zero-order chi connectivity index (χ0) is 14.7. The number of hydrogen-bond acceptors (Lipinski definition) is 2. The predicted octanol–water partition coefficient (Wildman–Crippen LogP) is 1.69. The molecule has 0 aliphatic carbocycles. The molecule has 0 spiro atoms. The van der Waals surface area contributed by atoms with Gasteiger partial charge in [-0.1, -0.05) is 12.1 Å². The van der Waals surface area contributed by atoms with Crippen molar-refractivity contribution in [3.8, 4) is 11.1 Å². The fraction of sp³-hybridized carbons (Fsp3) is 0.250. The fourth-order valence-electron chi connectivity index (χ4n) is 2.25. The first-order valence-electron chi connectivity index (χ1n) is 6.59. The number of anilines is 1. The Morgan fingerprint density at radius 2 is 1.85 bits per heavy atom. The first-order valence-corrected chi connectivity index (χ1v) is 6.59. The lowest BCUT2D eigenvalue weighted by atomic mass is 9.99. The van der Waals surface area contributed by atoms with Crippen LogP contribution in [0.15, 0.2) is 36.5 Å². The highest BCUT2D eigenvalue weighted by Crippen LogP contribution is 2.26. The van der Waals surface area contributed by atoms with E-state index in [0.29, 0.717) is 0 Å². The molecule has 1 aromatic heterocycles. The van der Waals surface area contributed by atoms with E-state index in [2.05, 4.69) is 36.0 Å². The summed E-state index contributed by atoms with van der Waals surface area (Å²) in [7, 11) is 2.04. The summed E-state index contributed by atoms with van der Waals surface area (Å²) in [6, 6.07) is 9.93. The van der Waals surface area contributed by atoms with Gasteiger partial charge >= 0.3 is 0 Å². The highest BCUT2D eigenvalue weighted by atomic mass is 16.1. The van der Waals surface area contributed by atoms with E-state index in [9.17, 15) is 4.79 Å². The predicted molar refractivity (Wildman–Crippen MR) is 80.2 cm³/mol. The van der Waals surface area contributed by atoms with Crippen LogP contribution in [-0.4, -0.2) is 12.5 Å². The first-order chi connectivity index (χ1) is 9.52. The van der Waals surface area contributed by atoms with Crippen molar-refractivity contribution < 1.29 is 9.36 Å². The lowest BCUT2D eigenvalue weighted by Crippen LogP contribution is -2.32. The van der Waals surface area contributed by atoms with E-state index in [0.717, 1.165) is 11.3 Å². The van der Waals surface area contributed by atoms with Crippen molar-refractivity contribution in [1.29, 1.82) is 0 Å². The molecular formula is C16H20N3O+. The van der Waals surface area contributed by atoms with E-state index in [1.54, 1.807) is 0 Å². The van der Waals surface area contributed by atoms with Gasteiger partial charge < -0.3 is 11.1 Å². The third-order valence-corrected chi connectivity index (χ3v) is 3.48. The summed E-state index contributed by atoms with van der Waals surface area (Å²) in [5, 5.41) is 2.74. The number of amides is 1. The Morgan fingerprint density at radius 1 is 1.20 bits per heavy atom. The fourth-order valence-corrected chi connectivity index (χ4v) is 2.25. The molecule has 20 heavy (non-hydrogen) atoms. The maximum absolute atomic E-state index is 11.2. The number of nitrogens with two attached hydrogens (primary N) is 1. The van der Waals surface area contributed by atoms with Crippen LogP contribution >= 0.6 is 0 Å². The Labute approximate surface area is 119 Å². The largest absolute Gasteiger partial charge is 0.325 e. The minimum Gasteiger partial charge on any atom is -0.325 e. The number of carbonyl (C=O) groups excluding carboxylic acids is 1. The smallest absolute Gasteiger partial charge is 0.238 e. The van der Waals surface area contributed by atoms with Crippen LogP contribution in [0.2, 0.25) is 0 Å². The van der Waals surface area contributed by atoms with E-state index in [-0.39, 0.29) is 12.5 Å². The van der Waals surface area contributed by atoms with Crippen LogP contribution < -0.4 is 15.6 Å². The minimum atomic E-state index is -0.184. The molecule has 1 heterocycles. The molecule has 0 fully saturated rings. The van der Waals surface area contributed by atoms with Crippen LogP contribution in [0.5, 0.6) is 0 Å². The summed E-state index contributed by atoms with van der Waals surface area (Å²) < 4.78 is 2.10. The summed E-state index contributed by atoms with van der Waals surface area (Å²) in [6.45, 7) is 4.20. The van der Waals surface area contributed by atoms with Gasteiger partial charge in [0, 0.05) is 18.7 Å². The Balaban J connectivity index is 2.36. The first kappa shape index (κ1) is 14.2. The minimum absolute atomic E-state index is 0.00547. The molecule has 2 rings (SSSR count). The number of benzene rings is 1. The normalized spacial score (nSPS) is 10.4. The second-order valence-corrected chi connectivity index (χ2v) is 4.90. The van der Waals surface area contributed by atoms with Gasteiger partial charge in [0.05, 0.1) is 12.1 Å². The molecule has 4 heteroatoms. The number of aryl methyl sites for hydroxylation is 2. The summed E-state index contributed by atoms with van der Waals surface area (Å²) in [5.41, 5.74) is 10.9. The van der Waals surface area contributed by atoms with Gasteiger partial charge in [0.2, 0.25) is 5.91 Å². The van der Waals surface area contributed by atoms with Gasteiger partial charge in [-0.2, -0.15) is 0 Å². The molecule has 0 saturated heterocycles. The molecule has 3 N–H and O–H groups in total. The standard InChI is InChI=1S/C16H19N3O/c1-11-8-9-19(3)12(2)16(11)13-4-6-14(7-5-13)18-15(20)10-17/h4-9H,10,17H2,1-3H3/p+1. The number of aromatic nitrogens is 1. The van der Waals surface area contributed by atoms with Gasteiger partial charge in [-0.3, -0.25) is 4.79 Å². The molecule has 4 nitrogen and oxygen atoms in total. The van der Waals surface area contributed by atoms with Crippen molar-refractivity contribution in [1.82, 2.24) is 0 Å². The number of hydrogen-bond donors (Lipinski definition) is 2. The van der Waals surface area contributed by atoms with Crippen molar-refractivity contribution in [3.05, 3.63) is 47.8 Å². The van der Waals surface area contributed by atoms with E-state index in [4.69, 9.17) is 5.73 Å². The molecule has 1 amide bonds. The second kappa shape index (κ2) is 5.84. The molecule has 0 atom stereocenters. The van der Waals surface area contributed by atoms with E-state index >= 15 is 0 Å². The van der Waals surface area contributed by atoms with Crippen molar-refractivity contribution in [2.24, 2.45) is 12.8 Å². The van der Waals surface area contributed by atoms with Crippen molar-refractivity contribution in [2.75, 3.05) is 11.9 Å². The third-order valence-electron chi connectivity index (χ3n) is 3.48. The molecule has 0 unspecified atom stereocenters. The second-order valence-electron chi connectivity index (χ2n) is 4.90. The molecule has 0 radical (unpaired) electrons. The summed E-state index contributed by atoms with van der Waals surface area (Å²) in [6.07, 6.45) is 2.06. The monoisotopic (exact) mass is 270 g/mol. The molecular weight excluding hydrogens is 250 g/mol. The van der Waals surface area contributed by atoms with Crippen molar-refractivity contribution >= 4 is 11.6 Å². The lowest BCUT2D eigenvalue weighted by molar-refractivity contribution is -0.677. The molecule has 0 saturated carbocycles. The Hall–Kier alpha value is -2.20. The molecule has 0 bridgehead atoms. The van der Waals surface area contributed by atoms with Crippen LogP contribution in [0, 0.1) is 13.8 Å². The number of carbonyl (C=O) groups is 1. The highest BCUT2D eigenvalue weighted by Gasteiger charge is 2.13. The van der Waals surface area contributed by atoms with Gasteiger partial charge in [-0.25, -0.2) is 4.57 Å². The zero-order valence-electron chi connectivity index (χ0n) is 12.1. The van der Waals surface area contributed by atoms with Crippen LogP contribution in [0.1, 0.15) is 11.3 Å². The van der Waals surface area contributed by atoms with E-state index < -0.39 is 0 Å². The topological polar surface area (TPSA) is 59.0 Å². The van der Waals surface area contributed by atoms with Crippen LogP contribution in [0.3, 0.4) is 0 Å². The lowest BCUT2D eigenvalue weighted by Gasteiger charge is -2.09. The van der Waals surface area contributed by atoms with Gasteiger partial charge in [0.15, 0.2) is 11.9 Å². The van der Waals surface area contributed by atoms with Crippen LogP contribution in [0.4, 0.5) is 5.69 Å². The number of nitrogens with one attached hydrogen (secondary N) is 1. The Bertz CT molecular complexity index is 633. The summed E-state index contributed by atoms with van der Waals surface area (Å²) in [5.74, 6) is -0.184. The van der Waals surface area contributed by atoms with Crippen molar-refractivity contribution in [3.63, 3.8) is 0 Å². The van der Waals surface area contributed by atoms with Gasteiger partial charge in [-0.15, -0.1) is 0 Å². The van der Waals surface area contributed by atoms with Crippen LogP contribution in [-0.2, 0) is 11.8 Å². The SMILES string of the molecule is Cc1cc[n+](C)c(C)c1-c1ccc(NC(=O)CN)cc1. The number of pyridine rings is 1. The average Bonchev–Trinajstić information content (AvgIpc) is 2.45. The maximum atomic E-state index is 11.2. The molecule has 0 aliphatic rings. The van der Waals surface area contributed by atoms with Gasteiger partial charge in [0.1, 0.15) is 7.05 Å².